The third-order valence-electron chi connectivity index (χ3n) is 5.68. The molecule has 0 spiro atoms. The molecule has 0 bridgehead atoms. The number of anilines is 1. The first-order valence-corrected chi connectivity index (χ1v) is 13.2. The second-order valence-corrected chi connectivity index (χ2v) is 10.4. The van der Waals surface area contributed by atoms with E-state index in [9.17, 15) is 4.79 Å². The van der Waals surface area contributed by atoms with Crippen molar-refractivity contribution in [3.63, 3.8) is 0 Å². The van der Waals surface area contributed by atoms with Gasteiger partial charge in [0.15, 0.2) is 17.3 Å². The molecule has 0 saturated heterocycles. The second-order valence-electron chi connectivity index (χ2n) is 8.45. The van der Waals surface area contributed by atoms with Crippen LogP contribution in [-0.2, 0) is 11.4 Å². The van der Waals surface area contributed by atoms with Gasteiger partial charge in [0.2, 0.25) is 11.1 Å². The predicted octanol–water partition coefficient (Wildman–Crippen LogP) is 6.32. The third-order valence-corrected chi connectivity index (χ3v) is 7.31. The van der Waals surface area contributed by atoms with Gasteiger partial charge in [-0.2, -0.15) is 4.98 Å². The molecule has 2 aromatic carbocycles. The smallest absolute Gasteiger partial charge is 0.227 e. The molecule has 0 saturated carbocycles. The first-order chi connectivity index (χ1) is 16.8. The minimum absolute atomic E-state index is 0.0289. The van der Waals surface area contributed by atoms with E-state index in [0.29, 0.717) is 34.8 Å². The molecule has 9 heteroatoms. The van der Waals surface area contributed by atoms with Gasteiger partial charge in [-0.3, -0.25) is 4.79 Å². The molecule has 3 aromatic rings. The van der Waals surface area contributed by atoms with Crippen LogP contribution in [0, 0.1) is 6.92 Å². The van der Waals surface area contributed by atoms with Gasteiger partial charge in [-0.15, -0.1) is 5.10 Å². The number of aromatic nitrogens is 3. The van der Waals surface area contributed by atoms with E-state index in [1.165, 1.54) is 5.56 Å². The number of benzene rings is 2. The molecule has 35 heavy (non-hydrogen) atoms. The number of ether oxygens (including phenoxy) is 2. The van der Waals surface area contributed by atoms with Crippen molar-refractivity contribution in [1.82, 2.24) is 14.8 Å². The van der Waals surface area contributed by atoms with E-state index in [2.05, 4.69) is 52.2 Å². The Kier molecular flexibility index (Phi) is 7.86. The quantitative estimate of drug-likeness (QED) is 0.309. The number of ketones is 1. The van der Waals surface area contributed by atoms with Crippen LogP contribution in [0.5, 0.6) is 11.5 Å². The summed E-state index contributed by atoms with van der Waals surface area (Å²) in [6.45, 7) is 8.06. The Morgan fingerprint density at radius 2 is 2.06 bits per heavy atom. The van der Waals surface area contributed by atoms with Crippen molar-refractivity contribution in [3.8, 4) is 11.5 Å². The average molecular weight is 558 g/mol. The summed E-state index contributed by atoms with van der Waals surface area (Å²) in [5.74, 6) is 2.69. The van der Waals surface area contributed by atoms with Crippen LogP contribution >= 0.6 is 27.7 Å². The van der Waals surface area contributed by atoms with E-state index in [1.54, 1.807) is 30.5 Å². The molecule has 1 N–H and O–H groups in total. The molecule has 1 atom stereocenters. The fourth-order valence-corrected chi connectivity index (χ4v) is 5.40. The standard InChI is InChI=1S/C26H29BrN4O3S/c1-6-10-35-26-29-25-28-16(3)22(17(4)32)23(31(25)30-26)19-12-20(27)24(21(13-19)33-5)34-14-18-9-7-8-15(2)11-18/h7-9,11-13,23H,6,10,14H2,1-5H3,(H,28,29,30). The maximum absolute atomic E-state index is 12.7. The van der Waals surface area contributed by atoms with Gasteiger partial charge < -0.3 is 14.8 Å². The minimum atomic E-state index is -0.441. The summed E-state index contributed by atoms with van der Waals surface area (Å²) in [6, 6.07) is 11.6. The van der Waals surface area contributed by atoms with Crippen LogP contribution in [-0.4, -0.2) is 33.4 Å². The van der Waals surface area contributed by atoms with E-state index in [1.807, 2.05) is 31.2 Å². The van der Waals surface area contributed by atoms with Crippen molar-refractivity contribution >= 4 is 39.4 Å². The average Bonchev–Trinajstić information content (AvgIpc) is 3.22. The summed E-state index contributed by atoms with van der Waals surface area (Å²) in [4.78, 5) is 17.4. The van der Waals surface area contributed by atoms with Crippen molar-refractivity contribution in [2.24, 2.45) is 0 Å². The molecular formula is C26H29BrN4O3S. The number of fused-ring (bicyclic) bond motifs is 1. The zero-order valence-corrected chi connectivity index (χ0v) is 22.9. The number of carbonyl (C=O) groups excluding carboxylic acids is 1. The van der Waals surface area contributed by atoms with Crippen LogP contribution in [0.2, 0.25) is 0 Å². The number of hydrogen-bond acceptors (Lipinski definition) is 7. The number of rotatable bonds is 9. The lowest BCUT2D eigenvalue weighted by Gasteiger charge is -2.28. The second kappa shape index (κ2) is 10.9. The normalized spacial score (nSPS) is 15.0. The number of nitrogens with one attached hydrogen (secondary N) is 1. The zero-order valence-electron chi connectivity index (χ0n) is 20.5. The number of aryl methyl sites for hydroxylation is 1. The molecular weight excluding hydrogens is 528 g/mol. The number of Topliss-reactive ketones (excluding diaryl/α,β-unsaturated/α-hetero) is 1. The van der Waals surface area contributed by atoms with Gasteiger partial charge in [-0.1, -0.05) is 48.5 Å². The highest BCUT2D eigenvalue weighted by atomic mass is 79.9. The fourth-order valence-electron chi connectivity index (χ4n) is 4.15. The van der Waals surface area contributed by atoms with Crippen LogP contribution in [0.4, 0.5) is 5.95 Å². The molecule has 4 rings (SSSR count). The van der Waals surface area contributed by atoms with Crippen molar-refractivity contribution < 1.29 is 14.3 Å². The van der Waals surface area contributed by atoms with Crippen molar-refractivity contribution in [1.29, 1.82) is 0 Å². The Bertz CT molecular complexity index is 1290. The summed E-state index contributed by atoms with van der Waals surface area (Å²) < 4.78 is 14.4. The summed E-state index contributed by atoms with van der Waals surface area (Å²) >= 11 is 5.27. The maximum atomic E-state index is 12.7. The first kappa shape index (κ1) is 25.3. The van der Waals surface area contributed by atoms with Gasteiger partial charge in [0, 0.05) is 17.0 Å². The minimum Gasteiger partial charge on any atom is -0.493 e. The Labute approximate surface area is 218 Å². The largest absolute Gasteiger partial charge is 0.493 e. The zero-order chi connectivity index (χ0) is 25.1. The van der Waals surface area contributed by atoms with Gasteiger partial charge in [-0.05, 0) is 66.4 Å². The monoisotopic (exact) mass is 556 g/mol. The van der Waals surface area contributed by atoms with E-state index >= 15 is 0 Å². The number of carbonyl (C=O) groups is 1. The fraction of sp³-hybridized carbons (Fsp3) is 0.346. The third kappa shape index (κ3) is 5.41. The van der Waals surface area contributed by atoms with Crippen LogP contribution in [0.25, 0.3) is 0 Å². The Morgan fingerprint density at radius 1 is 1.26 bits per heavy atom. The molecule has 0 radical (unpaired) electrons. The van der Waals surface area contributed by atoms with Gasteiger partial charge in [0.25, 0.3) is 0 Å². The number of hydrogen-bond donors (Lipinski definition) is 1. The SMILES string of the molecule is CCCSc1nc2n(n1)C(c1cc(Br)c(OCc3cccc(C)c3)c(OC)c1)C(C(C)=O)=C(C)N2. The van der Waals surface area contributed by atoms with Crippen LogP contribution in [0.3, 0.4) is 0 Å². The predicted molar refractivity (Wildman–Crippen MR) is 142 cm³/mol. The number of methoxy groups -OCH3 is 1. The highest BCUT2D eigenvalue weighted by Gasteiger charge is 2.33. The topological polar surface area (TPSA) is 78.3 Å². The maximum Gasteiger partial charge on any atom is 0.227 e. The number of nitrogens with zero attached hydrogens (tertiary/aromatic N) is 3. The molecule has 0 aliphatic carbocycles. The molecule has 184 valence electrons. The van der Waals surface area contributed by atoms with Gasteiger partial charge in [0.1, 0.15) is 12.6 Å². The van der Waals surface area contributed by atoms with Crippen LogP contribution in [0.1, 0.15) is 49.9 Å². The van der Waals surface area contributed by atoms with Crippen molar-refractivity contribution in [3.05, 3.63) is 68.8 Å². The van der Waals surface area contributed by atoms with E-state index in [4.69, 9.17) is 14.6 Å². The van der Waals surface area contributed by atoms with Crippen LogP contribution in [0.15, 0.2) is 57.3 Å². The van der Waals surface area contributed by atoms with Crippen LogP contribution < -0.4 is 14.8 Å². The number of allylic oxidation sites excluding steroid dienone is 2. The van der Waals surface area contributed by atoms with E-state index < -0.39 is 6.04 Å². The lowest BCUT2D eigenvalue weighted by molar-refractivity contribution is -0.114. The van der Waals surface area contributed by atoms with Crippen molar-refractivity contribution in [2.75, 3.05) is 18.2 Å². The Balaban J connectivity index is 1.74. The van der Waals surface area contributed by atoms with Gasteiger partial charge in [0.05, 0.1) is 11.6 Å². The molecule has 1 aliphatic heterocycles. The first-order valence-electron chi connectivity index (χ1n) is 11.5. The molecule has 1 aliphatic rings. The van der Waals surface area contributed by atoms with Gasteiger partial charge >= 0.3 is 0 Å². The molecule has 7 nitrogen and oxygen atoms in total. The highest BCUT2D eigenvalue weighted by molar-refractivity contribution is 9.10. The summed E-state index contributed by atoms with van der Waals surface area (Å²) in [6.07, 6.45) is 1.02. The summed E-state index contributed by atoms with van der Waals surface area (Å²) in [7, 11) is 1.61. The number of thioether (sulfide) groups is 1. The lowest BCUT2D eigenvalue weighted by Crippen LogP contribution is -2.28. The Hall–Kier alpha value is -2.78. The van der Waals surface area contributed by atoms with Gasteiger partial charge in [-0.25, -0.2) is 4.68 Å². The summed E-state index contributed by atoms with van der Waals surface area (Å²) in [5, 5.41) is 8.67. The Morgan fingerprint density at radius 3 is 2.74 bits per heavy atom. The van der Waals surface area contributed by atoms with E-state index in [-0.39, 0.29) is 5.78 Å². The van der Waals surface area contributed by atoms with E-state index in [0.717, 1.165) is 33.5 Å². The lowest BCUT2D eigenvalue weighted by atomic mass is 9.93. The number of halogens is 1. The molecule has 2 heterocycles. The summed E-state index contributed by atoms with van der Waals surface area (Å²) in [5.41, 5.74) is 4.50. The molecule has 0 fully saturated rings. The molecule has 1 aromatic heterocycles. The van der Waals surface area contributed by atoms with Crippen molar-refractivity contribution in [2.45, 2.75) is 51.9 Å². The molecule has 1 unspecified atom stereocenters. The molecule has 0 amide bonds. The highest BCUT2D eigenvalue weighted by Crippen LogP contribution is 2.43.